The van der Waals surface area contributed by atoms with Crippen molar-refractivity contribution in [1.29, 1.82) is 0 Å². The summed E-state index contributed by atoms with van der Waals surface area (Å²) in [5.41, 5.74) is 8.57. The zero-order valence-electron chi connectivity index (χ0n) is 10.8. The van der Waals surface area contributed by atoms with Gasteiger partial charge in [-0.05, 0) is 36.6 Å². The first-order valence-electron chi connectivity index (χ1n) is 6.78. The Morgan fingerprint density at radius 3 is 2.32 bits per heavy atom. The van der Waals surface area contributed by atoms with Crippen molar-refractivity contribution in [3.8, 4) is 5.69 Å². The molecule has 19 heavy (non-hydrogen) atoms. The monoisotopic (exact) mass is 275 g/mol. The van der Waals surface area contributed by atoms with Crippen molar-refractivity contribution >= 4 is 11.6 Å². The Kier molecular flexibility index (Phi) is 3.33. The van der Waals surface area contributed by atoms with E-state index < -0.39 is 0 Å². The van der Waals surface area contributed by atoms with Crippen LogP contribution in [0, 0.1) is 0 Å². The Hall–Kier alpha value is -1.32. The van der Waals surface area contributed by atoms with Crippen LogP contribution in [-0.4, -0.2) is 9.78 Å². The smallest absolute Gasteiger partial charge is 0.132 e. The number of hydrogen-bond donors (Lipinski definition) is 1. The third-order valence-corrected chi connectivity index (χ3v) is 4.32. The Bertz CT molecular complexity index is 553. The molecule has 1 aliphatic rings. The lowest BCUT2D eigenvalue weighted by atomic mass is 9.77. The Balaban J connectivity index is 1.89. The van der Waals surface area contributed by atoms with Crippen molar-refractivity contribution in [1.82, 2.24) is 9.78 Å². The highest BCUT2D eigenvalue weighted by Gasteiger charge is 2.29. The number of hydrogen-bond acceptors (Lipinski definition) is 2. The summed E-state index contributed by atoms with van der Waals surface area (Å²) >= 11 is 6.07. The molecule has 0 spiro atoms. The van der Waals surface area contributed by atoms with Gasteiger partial charge in [0.15, 0.2) is 0 Å². The normalized spacial score (nSPS) is 18.4. The van der Waals surface area contributed by atoms with Crippen LogP contribution in [0.4, 0.5) is 0 Å². The molecule has 2 aromatic rings. The van der Waals surface area contributed by atoms with Crippen LogP contribution in [0.5, 0.6) is 0 Å². The SMILES string of the molecule is NC1(c2ccc(-n3nccc3Cl)cc2)CCCCC1. The van der Waals surface area contributed by atoms with Crippen LogP contribution in [0.2, 0.25) is 5.15 Å². The molecule has 1 aromatic heterocycles. The molecule has 100 valence electrons. The second kappa shape index (κ2) is 4.99. The van der Waals surface area contributed by atoms with E-state index in [1.807, 2.05) is 12.1 Å². The summed E-state index contributed by atoms with van der Waals surface area (Å²) < 4.78 is 1.72. The summed E-state index contributed by atoms with van der Waals surface area (Å²) in [5, 5.41) is 4.82. The second-order valence-electron chi connectivity index (χ2n) is 5.33. The van der Waals surface area contributed by atoms with Crippen molar-refractivity contribution in [2.24, 2.45) is 5.73 Å². The number of benzene rings is 1. The molecule has 4 heteroatoms. The minimum Gasteiger partial charge on any atom is -0.321 e. The van der Waals surface area contributed by atoms with E-state index in [2.05, 4.69) is 17.2 Å². The average Bonchev–Trinajstić information content (AvgIpc) is 2.86. The molecule has 3 rings (SSSR count). The van der Waals surface area contributed by atoms with Crippen molar-refractivity contribution in [2.45, 2.75) is 37.6 Å². The zero-order chi connectivity index (χ0) is 13.3. The fraction of sp³-hybridized carbons (Fsp3) is 0.400. The molecular formula is C15H18ClN3. The van der Waals surface area contributed by atoms with E-state index >= 15 is 0 Å². The standard InChI is InChI=1S/C15H18ClN3/c16-14-8-11-18-19(14)13-6-4-12(5-7-13)15(17)9-2-1-3-10-15/h4-8,11H,1-3,9-10,17H2. The molecule has 1 fully saturated rings. The lowest BCUT2D eigenvalue weighted by Gasteiger charge is -2.34. The van der Waals surface area contributed by atoms with Crippen LogP contribution >= 0.6 is 11.6 Å². The summed E-state index contributed by atoms with van der Waals surface area (Å²) in [6.07, 6.45) is 7.61. The van der Waals surface area contributed by atoms with Gasteiger partial charge in [-0.15, -0.1) is 0 Å². The minimum absolute atomic E-state index is 0.148. The first kappa shape index (κ1) is 12.7. The van der Waals surface area contributed by atoms with Crippen LogP contribution < -0.4 is 5.73 Å². The van der Waals surface area contributed by atoms with Crippen molar-refractivity contribution < 1.29 is 0 Å². The zero-order valence-corrected chi connectivity index (χ0v) is 11.6. The predicted octanol–water partition coefficient (Wildman–Crippen LogP) is 3.64. The highest BCUT2D eigenvalue weighted by molar-refractivity contribution is 6.29. The fourth-order valence-electron chi connectivity index (χ4n) is 2.88. The highest BCUT2D eigenvalue weighted by Crippen LogP contribution is 2.35. The molecule has 3 nitrogen and oxygen atoms in total. The molecule has 0 radical (unpaired) electrons. The summed E-state index contributed by atoms with van der Waals surface area (Å²) in [6, 6.07) is 10.1. The van der Waals surface area contributed by atoms with Crippen molar-refractivity contribution in [3.63, 3.8) is 0 Å². The van der Waals surface area contributed by atoms with E-state index in [1.54, 1.807) is 16.9 Å². The van der Waals surface area contributed by atoms with Gasteiger partial charge in [0, 0.05) is 5.54 Å². The van der Waals surface area contributed by atoms with Crippen LogP contribution in [0.3, 0.4) is 0 Å². The summed E-state index contributed by atoms with van der Waals surface area (Å²) in [7, 11) is 0. The minimum atomic E-state index is -0.148. The first-order valence-corrected chi connectivity index (χ1v) is 7.16. The van der Waals surface area contributed by atoms with Gasteiger partial charge >= 0.3 is 0 Å². The molecule has 1 saturated carbocycles. The molecular weight excluding hydrogens is 258 g/mol. The van der Waals surface area contributed by atoms with E-state index in [0.29, 0.717) is 5.15 Å². The predicted molar refractivity (Wildman–Crippen MR) is 77.5 cm³/mol. The summed E-state index contributed by atoms with van der Waals surface area (Å²) in [6.45, 7) is 0. The topological polar surface area (TPSA) is 43.8 Å². The molecule has 0 bridgehead atoms. The molecule has 0 atom stereocenters. The maximum absolute atomic E-state index is 6.53. The number of halogens is 1. The van der Waals surface area contributed by atoms with Crippen molar-refractivity contribution in [3.05, 3.63) is 47.2 Å². The Labute approximate surface area is 118 Å². The van der Waals surface area contributed by atoms with E-state index in [1.165, 1.54) is 24.8 Å². The quantitative estimate of drug-likeness (QED) is 0.909. The largest absolute Gasteiger partial charge is 0.321 e. The maximum atomic E-state index is 6.53. The highest BCUT2D eigenvalue weighted by atomic mass is 35.5. The summed E-state index contributed by atoms with van der Waals surface area (Å²) in [5.74, 6) is 0. The van der Waals surface area contributed by atoms with E-state index in [0.717, 1.165) is 18.5 Å². The third-order valence-electron chi connectivity index (χ3n) is 4.03. The lowest BCUT2D eigenvalue weighted by Crippen LogP contribution is -2.38. The Morgan fingerprint density at radius 1 is 1.05 bits per heavy atom. The van der Waals surface area contributed by atoms with E-state index in [4.69, 9.17) is 17.3 Å². The molecule has 1 aromatic carbocycles. The lowest BCUT2D eigenvalue weighted by molar-refractivity contribution is 0.302. The number of nitrogens with two attached hydrogens (primary N) is 1. The van der Waals surface area contributed by atoms with Gasteiger partial charge in [-0.3, -0.25) is 0 Å². The van der Waals surface area contributed by atoms with E-state index in [-0.39, 0.29) is 5.54 Å². The number of aromatic nitrogens is 2. The third kappa shape index (κ3) is 2.40. The average molecular weight is 276 g/mol. The number of nitrogens with zero attached hydrogens (tertiary/aromatic N) is 2. The van der Waals surface area contributed by atoms with Gasteiger partial charge in [0.25, 0.3) is 0 Å². The molecule has 1 heterocycles. The molecule has 2 N–H and O–H groups in total. The van der Waals surface area contributed by atoms with Crippen LogP contribution in [0.15, 0.2) is 36.5 Å². The maximum Gasteiger partial charge on any atom is 0.132 e. The van der Waals surface area contributed by atoms with Gasteiger partial charge in [-0.1, -0.05) is 43.0 Å². The molecule has 0 unspecified atom stereocenters. The van der Waals surface area contributed by atoms with Gasteiger partial charge in [0.05, 0.1) is 11.9 Å². The van der Waals surface area contributed by atoms with Crippen LogP contribution in [-0.2, 0) is 5.54 Å². The van der Waals surface area contributed by atoms with Crippen LogP contribution in [0.1, 0.15) is 37.7 Å². The number of rotatable bonds is 2. The molecule has 0 amide bonds. The summed E-state index contributed by atoms with van der Waals surface area (Å²) in [4.78, 5) is 0. The first-order chi connectivity index (χ1) is 9.19. The van der Waals surface area contributed by atoms with Gasteiger partial charge < -0.3 is 5.73 Å². The van der Waals surface area contributed by atoms with Gasteiger partial charge in [0.2, 0.25) is 0 Å². The molecule has 1 aliphatic carbocycles. The van der Waals surface area contributed by atoms with Gasteiger partial charge in [-0.25, -0.2) is 4.68 Å². The Morgan fingerprint density at radius 2 is 1.74 bits per heavy atom. The second-order valence-corrected chi connectivity index (χ2v) is 5.72. The molecule has 0 aliphatic heterocycles. The van der Waals surface area contributed by atoms with Gasteiger partial charge in [0.1, 0.15) is 5.15 Å². The van der Waals surface area contributed by atoms with E-state index in [9.17, 15) is 0 Å². The molecule has 0 saturated heterocycles. The van der Waals surface area contributed by atoms with Crippen molar-refractivity contribution in [2.75, 3.05) is 0 Å². The van der Waals surface area contributed by atoms with Crippen LogP contribution in [0.25, 0.3) is 5.69 Å². The van der Waals surface area contributed by atoms with Gasteiger partial charge in [-0.2, -0.15) is 5.10 Å². The fourth-order valence-corrected chi connectivity index (χ4v) is 3.08.